The largest absolute Gasteiger partial charge is 0.360 e. The van der Waals surface area contributed by atoms with Crippen molar-refractivity contribution in [2.45, 2.75) is 38.0 Å². The van der Waals surface area contributed by atoms with E-state index in [0.29, 0.717) is 37.6 Å². The Morgan fingerprint density at radius 1 is 0.964 bits per heavy atom. The van der Waals surface area contributed by atoms with Gasteiger partial charge >= 0.3 is 0 Å². The van der Waals surface area contributed by atoms with Crippen LogP contribution >= 0.6 is 0 Å². The Morgan fingerprint density at radius 2 is 1.68 bits per heavy atom. The Morgan fingerprint density at radius 3 is 2.32 bits per heavy atom. The molecular formula is C18H26N6O3S. The van der Waals surface area contributed by atoms with Gasteiger partial charge in [0, 0.05) is 45.5 Å². The summed E-state index contributed by atoms with van der Waals surface area (Å²) < 4.78 is 32.5. The first-order valence-electron chi connectivity index (χ1n) is 9.73. The third kappa shape index (κ3) is 3.58. The van der Waals surface area contributed by atoms with Gasteiger partial charge < -0.3 is 14.3 Å². The van der Waals surface area contributed by atoms with Crippen LogP contribution in [-0.4, -0.2) is 67.1 Å². The molecule has 0 N–H and O–H groups in total. The molecule has 0 amide bonds. The fourth-order valence-corrected chi connectivity index (χ4v) is 5.60. The first-order chi connectivity index (χ1) is 13.5. The van der Waals surface area contributed by atoms with Gasteiger partial charge in [0.1, 0.15) is 16.4 Å². The standard InChI is InChI=1S/C18H26N6O3S/c1-14-17(15(2)27-21-14)28(25,26)24-12-10-22(11-13-24)16-6-7-19-18(20-16)23-8-4-3-5-9-23/h6-7H,3-5,8-13H2,1-2H3. The highest BCUT2D eigenvalue weighted by atomic mass is 32.2. The molecule has 0 aliphatic carbocycles. The molecule has 10 heteroatoms. The monoisotopic (exact) mass is 406 g/mol. The molecule has 28 heavy (non-hydrogen) atoms. The Bertz CT molecular complexity index is 911. The summed E-state index contributed by atoms with van der Waals surface area (Å²) in [6, 6.07) is 1.89. The van der Waals surface area contributed by atoms with Crippen molar-refractivity contribution in [3.8, 4) is 0 Å². The summed E-state index contributed by atoms with van der Waals surface area (Å²) in [6.07, 6.45) is 5.40. The smallest absolute Gasteiger partial charge is 0.248 e. The summed E-state index contributed by atoms with van der Waals surface area (Å²) in [4.78, 5) is 13.7. The van der Waals surface area contributed by atoms with Crippen LogP contribution < -0.4 is 9.80 Å². The fraction of sp³-hybridized carbons (Fsp3) is 0.611. The number of aromatic nitrogens is 3. The Labute approximate surface area is 165 Å². The molecule has 2 aliphatic rings. The minimum atomic E-state index is -3.60. The molecule has 0 saturated carbocycles. The molecule has 0 radical (unpaired) electrons. The quantitative estimate of drug-likeness (QED) is 0.755. The highest BCUT2D eigenvalue weighted by Gasteiger charge is 2.33. The summed E-state index contributed by atoms with van der Waals surface area (Å²) in [5.74, 6) is 1.95. The van der Waals surface area contributed by atoms with E-state index in [1.54, 1.807) is 20.0 Å². The van der Waals surface area contributed by atoms with Gasteiger partial charge in [0.05, 0.1) is 0 Å². The van der Waals surface area contributed by atoms with Crippen LogP contribution in [-0.2, 0) is 10.0 Å². The van der Waals surface area contributed by atoms with E-state index in [2.05, 4.69) is 19.9 Å². The number of anilines is 2. The Balaban J connectivity index is 1.46. The molecule has 0 aromatic carbocycles. The van der Waals surface area contributed by atoms with E-state index >= 15 is 0 Å². The van der Waals surface area contributed by atoms with Gasteiger partial charge in [-0.1, -0.05) is 5.16 Å². The minimum absolute atomic E-state index is 0.190. The van der Waals surface area contributed by atoms with E-state index < -0.39 is 10.0 Å². The van der Waals surface area contributed by atoms with Crippen LogP contribution in [0.2, 0.25) is 0 Å². The predicted molar refractivity (Wildman–Crippen MR) is 105 cm³/mol. The molecule has 2 saturated heterocycles. The molecule has 9 nitrogen and oxygen atoms in total. The molecule has 0 unspecified atom stereocenters. The molecule has 4 rings (SSSR count). The molecule has 4 heterocycles. The maximum atomic E-state index is 13.0. The van der Waals surface area contributed by atoms with Crippen molar-refractivity contribution in [1.82, 2.24) is 19.4 Å². The Kier molecular flexibility index (Phi) is 5.24. The minimum Gasteiger partial charge on any atom is -0.360 e. The van der Waals surface area contributed by atoms with Crippen LogP contribution in [0.3, 0.4) is 0 Å². The number of piperazine rings is 1. The van der Waals surface area contributed by atoms with Crippen molar-refractivity contribution in [2.24, 2.45) is 0 Å². The number of hydrogen-bond donors (Lipinski definition) is 0. The van der Waals surface area contributed by atoms with Crippen molar-refractivity contribution in [1.29, 1.82) is 0 Å². The summed E-state index contributed by atoms with van der Waals surface area (Å²) in [5.41, 5.74) is 0.405. The van der Waals surface area contributed by atoms with Gasteiger partial charge in [0.2, 0.25) is 16.0 Å². The third-order valence-electron chi connectivity index (χ3n) is 5.40. The number of rotatable bonds is 4. The number of piperidine rings is 1. The lowest BCUT2D eigenvalue weighted by atomic mass is 10.1. The first kappa shape index (κ1) is 19.1. The fourth-order valence-electron chi connectivity index (χ4n) is 3.89. The molecular weight excluding hydrogens is 380 g/mol. The maximum absolute atomic E-state index is 13.0. The molecule has 2 aliphatic heterocycles. The van der Waals surface area contributed by atoms with Gasteiger partial charge in [-0.05, 0) is 39.2 Å². The first-order valence-corrected chi connectivity index (χ1v) is 11.2. The lowest BCUT2D eigenvalue weighted by Gasteiger charge is -2.35. The van der Waals surface area contributed by atoms with Crippen LogP contribution in [0.4, 0.5) is 11.8 Å². The van der Waals surface area contributed by atoms with E-state index in [1.807, 2.05) is 6.07 Å². The van der Waals surface area contributed by atoms with E-state index in [-0.39, 0.29) is 4.90 Å². The summed E-state index contributed by atoms with van der Waals surface area (Å²) in [5, 5.41) is 3.78. The van der Waals surface area contributed by atoms with Gasteiger partial charge in [-0.3, -0.25) is 0 Å². The van der Waals surface area contributed by atoms with E-state index in [4.69, 9.17) is 9.51 Å². The van der Waals surface area contributed by atoms with Crippen LogP contribution in [0, 0.1) is 13.8 Å². The molecule has 152 valence electrons. The molecule has 2 aromatic heterocycles. The second-order valence-corrected chi connectivity index (χ2v) is 9.18. The van der Waals surface area contributed by atoms with E-state index in [0.717, 1.165) is 24.9 Å². The lowest BCUT2D eigenvalue weighted by molar-refractivity contribution is 0.377. The Hall–Kier alpha value is -2.20. The van der Waals surface area contributed by atoms with Gasteiger partial charge in [0.25, 0.3) is 0 Å². The summed E-state index contributed by atoms with van der Waals surface area (Å²) in [6.45, 7) is 7.23. The van der Waals surface area contributed by atoms with Crippen LogP contribution in [0.5, 0.6) is 0 Å². The lowest BCUT2D eigenvalue weighted by Crippen LogP contribution is -2.49. The van der Waals surface area contributed by atoms with Crippen molar-refractivity contribution >= 4 is 21.8 Å². The highest BCUT2D eigenvalue weighted by Crippen LogP contribution is 2.25. The summed E-state index contributed by atoms with van der Waals surface area (Å²) in [7, 11) is -3.60. The number of nitrogens with zero attached hydrogens (tertiary/aromatic N) is 6. The number of sulfonamides is 1. The predicted octanol–water partition coefficient (Wildman–Crippen LogP) is 1.58. The van der Waals surface area contributed by atoms with Gasteiger partial charge in [0.15, 0.2) is 5.76 Å². The molecule has 0 spiro atoms. The van der Waals surface area contributed by atoms with Crippen LogP contribution in [0.1, 0.15) is 30.7 Å². The van der Waals surface area contributed by atoms with E-state index in [9.17, 15) is 8.42 Å². The second kappa shape index (κ2) is 7.67. The normalized spacial score (nSPS) is 19.2. The zero-order chi connectivity index (χ0) is 19.7. The number of aryl methyl sites for hydroxylation is 2. The topological polar surface area (TPSA) is 95.7 Å². The van der Waals surface area contributed by atoms with Gasteiger partial charge in [-0.25, -0.2) is 13.4 Å². The molecule has 2 aromatic rings. The van der Waals surface area contributed by atoms with Crippen molar-refractivity contribution < 1.29 is 12.9 Å². The van der Waals surface area contributed by atoms with Crippen LogP contribution in [0.15, 0.2) is 21.7 Å². The number of hydrogen-bond acceptors (Lipinski definition) is 8. The zero-order valence-corrected chi connectivity index (χ0v) is 17.2. The average Bonchev–Trinajstić information content (AvgIpc) is 3.08. The van der Waals surface area contributed by atoms with Gasteiger partial charge in [-0.15, -0.1) is 0 Å². The average molecular weight is 407 g/mol. The molecule has 0 atom stereocenters. The van der Waals surface area contributed by atoms with Crippen molar-refractivity contribution in [3.05, 3.63) is 23.7 Å². The van der Waals surface area contributed by atoms with Crippen molar-refractivity contribution in [3.63, 3.8) is 0 Å². The zero-order valence-electron chi connectivity index (χ0n) is 16.3. The van der Waals surface area contributed by atoms with Gasteiger partial charge in [-0.2, -0.15) is 9.29 Å². The second-order valence-electron chi connectivity index (χ2n) is 7.31. The summed E-state index contributed by atoms with van der Waals surface area (Å²) >= 11 is 0. The molecule has 0 bridgehead atoms. The van der Waals surface area contributed by atoms with Crippen molar-refractivity contribution in [2.75, 3.05) is 49.1 Å². The van der Waals surface area contributed by atoms with E-state index in [1.165, 1.54) is 23.6 Å². The highest BCUT2D eigenvalue weighted by molar-refractivity contribution is 7.89. The van der Waals surface area contributed by atoms with Crippen LogP contribution in [0.25, 0.3) is 0 Å². The third-order valence-corrected chi connectivity index (χ3v) is 7.54. The maximum Gasteiger partial charge on any atom is 0.248 e. The SMILES string of the molecule is Cc1noc(C)c1S(=O)(=O)N1CCN(c2ccnc(N3CCCCC3)n2)CC1. The molecule has 2 fully saturated rings.